The van der Waals surface area contributed by atoms with E-state index in [1.54, 1.807) is 11.8 Å². The monoisotopic (exact) mass is 314 g/mol. The van der Waals surface area contributed by atoms with E-state index in [9.17, 15) is 9.90 Å². The molecule has 4 nitrogen and oxygen atoms in total. The molecule has 0 atom stereocenters. The van der Waals surface area contributed by atoms with Gasteiger partial charge in [0, 0.05) is 5.38 Å². The van der Waals surface area contributed by atoms with E-state index < -0.39 is 5.60 Å². The molecule has 1 amide bonds. The number of hydrogen-bond acceptors (Lipinski definition) is 5. The SMILES string of the molecule is CC(C)(C)Cc1csc(NC(=O)C2(O)CCSCC2)n1. The van der Waals surface area contributed by atoms with E-state index in [2.05, 4.69) is 31.1 Å². The minimum atomic E-state index is -1.22. The van der Waals surface area contributed by atoms with Crippen LogP contribution >= 0.6 is 23.1 Å². The van der Waals surface area contributed by atoms with Crippen LogP contribution in [0.25, 0.3) is 0 Å². The molecule has 6 heteroatoms. The van der Waals surface area contributed by atoms with Gasteiger partial charge in [0.25, 0.3) is 5.91 Å². The van der Waals surface area contributed by atoms with Crippen LogP contribution in [0, 0.1) is 5.41 Å². The average Bonchev–Trinajstić information content (AvgIpc) is 2.75. The van der Waals surface area contributed by atoms with Gasteiger partial charge < -0.3 is 5.11 Å². The van der Waals surface area contributed by atoms with Gasteiger partial charge in [0.05, 0.1) is 5.69 Å². The maximum Gasteiger partial charge on any atom is 0.258 e. The van der Waals surface area contributed by atoms with Gasteiger partial charge >= 0.3 is 0 Å². The fraction of sp³-hybridized carbons (Fsp3) is 0.714. The molecule has 1 fully saturated rings. The smallest absolute Gasteiger partial charge is 0.258 e. The third-order valence-corrected chi connectivity index (χ3v) is 5.02. The Bertz CT molecular complexity index is 474. The molecular formula is C14H22N2O2S2. The number of thioether (sulfide) groups is 1. The predicted octanol–water partition coefficient (Wildman–Crippen LogP) is 2.93. The minimum Gasteiger partial charge on any atom is -0.380 e. The number of carbonyl (C=O) groups excluding carboxylic acids is 1. The fourth-order valence-electron chi connectivity index (χ4n) is 2.14. The standard InChI is InChI=1S/C14H22N2O2S2/c1-13(2,3)8-10-9-20-12(15-10)16-11(17)14(18)4-6-19-7-5-14/h9,18H,4-8H2,1-3H3,(H,15,16,17). The van der Waals surface area contributed by atoms with Crippen molar-refractivity contribution in [2.75, 3.05) is 16.8 Å². The van der Waals surface area contributed by atoms with Gasteiger partial charge in [0.1, 0.15) is 5.60 Å². The second-order valence-electron chi connectivity index (χ2n) is 6.48. The lowest BCUT2D eigenvalue weighted by Crippen LogP contribution is -2.45. The van der Waals surface area contributed by atoms with Crippen LogP contribution in [0.4, 0.5) is 5.13 Å². The summed E-state index contributed by atoms with van der Waals surface area (Å²) in [6.07, 6.45) is 1.91. The van der Waals surface area contributed by atoms with Crippen LogP contribution in [-0.2, 0) is 11.2 Å². The van der Waals surface area contributed by atoms with Crippen molar-refractivity contribution in [1.29, 1.82) is 0 Å². The van der Waals surface area contributed by atoms with Crippen molar-refractivity contribution in [3.8, 4) is 0 Å². The number of nitrogens with zero attached hydrogens (tertiary/aromatic N) is 1. The van der Waals surface area contributed by atoms with E-state index >= 15 is 0 Å². The topological polar surface area (TPSA) is 62.2 Å². The highest BCUT2D eigenvalue weighted by Gasteiger charge is 2.37. The van der Waals surface area contributed by atoms with Crippen molar-refractivity contribution >= 4 is 34.1 Å². The molecule has 2 heterocycles. The molecule has 0 spiro atoms. The lowest BCUT2D eigenvalue weighted by atomic mass is 9.91. The molecule has 2 rings (SSSR count). The first-order valence-corrected chi connectivity index (χ1v) is 8.88. The molecule has 0 aliphatic carbocycles. The zero-order chi connectivity index (χ0) is 14.8. The Morgan fingerprint density at radius 2 is 2.10 bits per heavy atom. The second-order valence-corrected chi connectivity index (χ2v) is 8.56. The Balaban J connectivity index is 1.98. The van der Waals surface area contributed by atoms with Crippen molar-refractivity contribution in [2.45, 2.75) is 45.6 Å². The molecule has 1 saturated heterocycles. The van der Waals surface area contributed by atoms with Crippen LogP contribution in [0.3, 0.4) is 0 Å². The van der Waals surface area contributed by atoms with Gasteiger partial charge in [0.15, 0.2) is 5.13 Å². The Morgan fingerprint density at radius 3 is 2.70 bits per heavy atom. The van der Waals surface area contributed by atoms with Crippen molar-refractivity contribution < 1.29 is 9.90 Å². The van der Waals surface area contributed by atoms with Gasteiger partial charge in [-0.3, -0.25) is 10.1 Å². The van der Waals surface area contributed by atoms with E-state index in [0.29, 0.717) is 18.0 Å². The molecule has 1 aliphatic heterocycles. The minimum absolute atomic E-state index is 0.175. The van der Waals surface area contributed by atoms with Crippen LogP contribution in [0.15, 0.2) is 5.38 Å². The number of anilines is 1. The zero-order valence-electron chi connectivity index (χ0n) is 12.2. The molecule has 0 radical (unpaired) electrons. The first kappa shape index (κ1) is 15.8. The van der Waals surface area contributed by atoms with Crippen LogP contribution in [0.2, 0.25) is 0 Å². The molecule has 2 N–H and O–H groups in total. The number of hydrogen-bond donors (Lipinski definition) is 2. The summed E-state index contributed by atoms with van der Waals surface area (Å²) in [7, 11) is 0. The quantitative estimate of drug-likeness (QED) is 0.900. The molecule has 0 saturated carbocycles. The Morgan fingerprint density at radius 1 is 1.45 bits per heavy atom. The van der Waals surface area contributed by atoms with E-state index in [-0.39, 0.29) is 11.3 Å². The van der Waals surface area contributed by atoms with E-state index in [1.165, 1.54) is 11.3 Å². The predicted molar refractivity (Wildman–Crippen MR) is 85.4 cm³/mol. The summed E-state index contributed by atoms with van der Waals surface area (Å²) in [6, 6.07) is 0. The molecule has 0 bridgehead atoms. The summed E-state index contributed by atoms with van der Waals surface area (Å²) < 4.78 is 0. The van der Waals surface area contributed by atoms with Gasteiger partial charge in [-0.15, -0.1) is 11.3 Å². The lowest BCUT2D eigenvalue weighted by molar-refractivity contribution is -0.134. The third-order valence-electron chi connectivity index (χ3n) is 3.23. The normalized spacial score (nSPS) is 18.8. The lowest BCUT2D eigenvalue weighted by Gasteiger charge is -2.29. The highest BCUT2D eigenvalue weighted by atomic mass is 32.2. The zero-order valence-corrected chi connectivity index (χ0v) is 13.9. The van der Waals surface area contributed by atoms with Crippen LogP contribution in [0.1, 0.15) is 39.3 Å². The molecule has 0 aromatic carbocycles. The Hall–Kier alpha value is -0.590. The summed E-state index contributed by atoms with van der Waals surface area (Å²) in [4.78, 5) is 16.6. The maximum atomic E-state index is 12.2. The number of nitrogens with one attached hydrogen (secondary N) is 1. The van der Waals surface area contributed by atoms with Crippen molar-refractivity contribution in [1.82, 2.24) is 4.98 Å². The van der Waals surface area contributed by atoms with Crippen LogP contribution in [-0.4, -0.2) is 33.1 Å². The molecular weight excluding hydrogens is 292 g/mol. The number of rotatable bonds is 3. The summed E-state index contributed by atoms with van der Waals surface area (Å²) >= 11 is 3.20. The van der Waals surface area contributed by atoms with Gasteiger partial charge in [-0.05, 0) is 36.2 Å². The highest BCUT2D eigenvalue weighted by molar-refractivity contribution is 7.99. The summed E-state index contributed by atoms with van der Waals surface area (Å²) in [6.45, 7) is 6.48. The van der Waals surface area contributed by atoms with Gasteiger partial charge in [-0.2, -0.15) is 11.8 Å². The number of amides is 1. The molecule has 1 aliphatic rings. The first-order valence-electron chi connectivity index (χ1n) is 6.85. The third kappa shape index (κ3) is 4.20. The van der Waals surface area contributed by atoms with Crippen LogP contribution < -0.4 is 5.32 Å². The average molecular weight is 314 g/mol. The van der Waals surface area contributed by atoms with E-state index in [1.807, 2.05) is 5.38 Å². The van der Waals surface area contributed by atoms with E-state index in [0.717, 1.165) is 23.6 Å². The summed E-state index contributed by atoms with van der Waals surface area (Å²) in [5.41, 5.74) is -0.0566. The van der Waals surface area contributed by atoms with Gasteiger partial charge in [-0.1, -0.05) is 20.8 Å². The van der Waals surface area contributed by atoms with Gasteiger partial charge in [-0.25, -0.2) is 4.98 Å². The Kier molecular flexibility index (Phi) is 4.76. The highest BCUT2D eigenvalue weighted by Crippen LogP contribution is 2.29. The maximum absolute atomic E-state index is 12.2. The van der Waals surface area contributed by atoms with Gasteiger partial charge in [0.2, 0.25) is 0 Å². The molecule has 112 valence electrons. The fourth-order valence-corrected chi connectivity index (χ4v) is 4.01. The molecule has 20 heavy (non-hydrogen) atoms. The number of aliphatic hydroxyl groups is 1. The number of carbonyl (C=O) groups is 1. The molecule has 1 aromatic rings. The van der Waals surface area contributed by atoms with Crippen molar-refractivity contribution in [2.24, 2.45) is 5.41 Å². The van der Waals surface area contributed by atoms with E-state index in [4.69, 9.17) is 0 Å². The van der Waals surface area contributed by atoms with Crippen LogP contribution in [0.5, 0.6) is 0 Å². The largest absolute Gasteiger partial charge is 0.380 e. The first-order chi connectivity index (χ1) is 9.28. The molecule has 1 aromatic heterocycles. The second kappa shape index (κ2) is 6.03. The van der Waals surface area contributed by atoms with Crippen molar-refractivity contribution in [3.05, 3.63) is 11.1 Å². The number of aromatic nitrogens is 1. The summed E-state index contributed by atoms with van der Waals surface area (Å²) in [5, 5.41) is 15.7. The van der Waals surface area contributed by atoms with Crippen molar-refractivity contribution in [3.63, 3.8) is 0 Å². The Labute approximate surface area is 128 Å². The number of thiazole rings is 1. The summed E-state index contributed by atoms with van der Waals surface area (Å²) in [5.74, 6) is 1.35. The molecule has 0 unspecified atom stereocenters.